The average Bonchev–Trinajstić information content (AvgIpc) is 3.05. The van der Waals surface area contributed by atoms with E-state index in [9.17, 15) is 0 Å². The van der Waals surface area contributed by atoms with Crippen LogP contribution in [0.5, 0.6) is 0 Å². The molecular weight excluding hydrogens is 194 g/mol. The Morgan fingerprint density at radius 1 is 1.31 bits per heavy atom. The first-order valence-corrected chi connectivity index (χ1v) is 5.72. The largest absolute Gasteiger partial charge is 0.348 e. The molecule has 1 aromatic heterocycles. The maximum absolute atomic E-state index is 5.71. The Kier molecular flexibility index (Phi) is 1.74. The van der Waals surface area contributed by atoms with Crippen LogP contribution in [0, 0.1) is 19.3 Å². The van der Waals surface area contributed by atoms with Gasteiger partial charge in [-0.05, 0) is 31.4 Å². The van der Waals surface area contributed by atoms with Gasteiger partial charge in [0.15, 0.2) is 0 Å². The molecule has 1 heteroatoms. The van der Waals surface area contributed by atoms with E-state index < -0.39 is 0 Å². The molecule has 0 amide bonds. The molecule has 1 heterocycles. The van der Waals surface area contributed by atoms with Gasteiger partial charge in [-0.25, -0.2) is 0 Å². The zero-order valence-electron chi connectivity index (χ0n) is 9.75. The van der Waals surface area contributed by atoms with Crippen molar-refractivity contribution in [2.24, 2.45) is 7.05 Å². The van der Waals surface area contributed by atoms with E-state index >= 15 is 0 Å². The molecule has 0 atom stereocenters. The summed E-state index contributed by atoms with van der Waals surface area (Å²) in [6, 6.07) is 8.53. The van der Waals surface area contributed by atoms with Gasteiger partial charge in [0.2, 0.25) is 0 Å². The lowest BCUT2D eigenvalue weighted by atomic mass is 9.94. The molecule has 0 radical (unpaired) electrons. The van der Waals surface area contributed by atoms with Crippen molar-refractivity contribution in [3.8, 4) is 12.3 Å². The Balaban J connectivity index is 2.41. The van der Waals surface area contributed by atoms with Crippen molar-refractivity contribution >= 4 is 10.9 Å². The average molecular weight is 209 g/mol. The predicted molar refractivity (Wildman–Crippen MR) is 67.4 cm³/mol. The normalized spacial score (nSPS) is 17.3. The fraction of sp³-hybridized carbons (Fsp3) is 0.333. The van der Waals surface area contributed by atoms with E-state index in [4.69, 9.17) is 6.42 Å². The standard InChI is InChI=1S/C15H15N/c1-4-15(9-10-15)14-11(2)16(3)13-8-6-5-7-12(13)14/h1,5-8H,9-10H2,2-3H3. The number of benzene rings is 1. The van der Waals surface area contributed by atoms with Gasteiger partial charge >= 0.3 is 0 Å². The first-order chi connectivity index (χ1) is 7.69. The van der Waals surface area contributed by atoms with Crippen LogP contribution in [0.15, 0.2) is 24.3 Å². The van der Waals surface area contributed by atoms with Crippen molar-refractivity contribution in [2.45, 2.75) is 25.2 Å². The quantitative estimate of drug-likeness (QED) is 0.636. The van der Waals surface area contributed by atoms with Crippen LogP contribution in [-0.2, 0) is 12.5 Å². The molecule has 1 aliphatic rings. The first kappa shape index (κ1) is 9.54. The van der Waals surface area contributed by atoms with Crippen LogP contribution in [0.1, 0.15) is 24.1 Å². The second-order valence-electron chi connectivity index (χ2n) is 4.76. The highest BCUT2D eigenvalue weighted by Crippen LogP contribution is 2.51. The minimum absolute atomic E-state index is 0.0327. The maximum Gasteiger partial charge on any atom is 0.0585 e. The highest BCUT2D eigenvalue weighted by molar-refractivity contribution is 5.87. The van der Waals surface area contributed by atoms with Crippen LogP contribution in [0.4, 0.5) is 0 Å². The summed E-state index contributed by atoms with van der Waals surface area (Å²) in [6.07, 6.45) is 7.99. The number of hydrogen-bond acceptors (Lipinski definition) is 0. The number of rotatable bonds is 1. The van der Waals surface area contributed by atoms with Crippen LogP contribution in [-0.4, -0.2) is 4.57 Å². The van der Waals surface area contributed by atoms with Gasteiger partial charge in [0, 0.05) is 23.6 Å². The summed E-state index contributed by atoms with van der Waals surface area (Å²) in [6.45, 7) is 2.17. The van der Waals surface area contributed by atoms with Crippen molar-refractivity contribution in [2.75, 3.05) is 0 Å². The van der Waals surface area contributed by atoms with E-state index in [1.807, 2.05) is 0 Å². The summed E-state index contributed by atoms with van der Waals surface area (Å²) < 4.78 is 2.25. The monoisotopic (exact) mass is 209 g/mol. The molecule has 3 rings (SSSR count). The molecule has 0 bridgehead atoms. The minimum atomic E-state index is 0.0327. The summed E-state index contributed by atoms with van der Waals surface area (Å²) in [7, 11) is 2.12. The molecule has 0 spiro atoms. The number of terminal acetylenes is 1. The lowest BCUT2D eigenvalue weighted by Gasteiger charge is -2.08. The Morgan fingerprint density at radius 2 is 2.00 bits per heavy atom. The van der Waals surface area contributed by atoms with E-state index in [1.54, 1.807) is 0 Å². The Labute approximate surface area is 96.1 Å². The van der Waals surface area contributed by atoms with Crippen molar-refractivity contribution < 1.29 is 0 Å². The van der Waals surface area contributed by atoms with E-state index in [0.717, 1.165) is 12.8 Å². The topological polar surface area (TPSA) is 4.93 Å². The lowest BCUT2D eigenvalue weighted by Crippen LogP contribution is -2.04. The van der Waals surface area contributed by atoms with Crippen LogP contribution in [0.3, 0.4) is 0 Å². The Hall–Kier alpha value is -1.68. The highest BCUT2D eigenvalue weighted by atomic mass is 14.9. The van der Waals surface area contributed by atoms with Gasteiger partial charge < -0.3 is 4.57 Å². The third-order valence-electron chi connectivity index (χ3n) is 3.90. The smallest absolute Gasteiger partial charge is 0.0585 e. The zero-order chi connectivity index (χ0) is 11.3. The molecule has 0 N–H and O–H groups in total. The summed E-state index contributed by atoms with van der Waals surface area (Å²) in [5.74, 6) is 3.00. The number of hydrogen-bond donors (Lipinski definition) is 0. The minimum Gasteiger partial charge on any atom is -0.348 e. The van der Waals surface area contributed by atoms with Gasteiger partial charge in [-0.1, -0.05) is 24.1 Å². The van der Waals surface area contributed by atoms with Crippen molar-refractivity contribution in [3.63, 3.8) is 0 Å². The van der Waals surface area contributed by atoms with Crippen LogP contribution >= 0.6 is 0 Å². The summed E-state index contributed by atoms with van der Waals surface area (Å²) in [5, 5.41) is 1.33. The molecule has 1 nitrogen and oxygen atoms in total. The second-order valence-corrected chi connectivity index (χ2v) is 4.76. The van der Waals surface area contributed by atoms with Crippen LogP contribution < -0.4 is 0 Å². The molecule has 16 heavy (non-hydrogen) atoms. The number of fused-ring (bicyclic) bond motifs is 1. The molecule has 2 aromatic rings. The second kappa shape index (κ2) is 2.92. The number of nitrogens with zero attached hydrogens (tertiary/aromatic N) is 1. The summed E-state index contributed by atoms with van der Waals surface area (Å²) in [4.78, 5) is 0. The summed E-state index contributed by atoms with van der Waals surface area (Å²) in [5.41, 5.74) is 4.02. The number of aryl methyl sites for hydroxylation is 1. The van der Waals surface area contributed by atoms with E-state index in [2.05, 4.69) is 48.7 Å². The molecular formula is C15H15N. The Bertz CT molecular complexity index is 606. The van der Waals surface area contributed by atoms with Gasteiger partial charge in [-0.2, -0.15) is 0 Å². The van der Waals surface area contributed by atoms with Crippen molar-refractivity contribution in [1.82, 2.24) is 4.57 Å². The van der Waals surface area contributed by atoms with Crippen LogP contribution in [0.2, 0.25) is 0 Å². The van der Waals surface area contributed by atoms with Gasteiger partial charge in [-0.15, -0.1) is 6.42 Å². The first-order valence-electron chi connectivity index (χ1n) is 5.72. The van der Waals surface area contributed by atoms with Gasteiger partial charge in [0.05, 0.1) is 5.41 Å². The molecule has 1 aliphatic carbocycles. The van der Waals surface area contributed by atoms with Crippen molar-refractivity contribution in [1.29, 1.82) is 0 Å². The molecule has 0 saturated heterocycles. The number of para-hydroxylation sites is 1. The third kappa shape index (κ3) is 1.02. The SMILES string of the molecule is C#CC1(c2c(C)n(C)c3ccccc23)CC1. The lowest BCUT2D eigenvalue weighted by molar-refractivity contribution is 0.858. The van der Waals surface area contributed by atoms with Crippen molar-refractivity contribution in [3.05, 3.63) is 35.5 Å². The van der Waals surface area contributed by atoms with Crippen LogP contribution in [0.25, 0.3) is 10.9 Å². The van der Waals surface area contributed by atoms with Gasteiger partial charge in [0.1, 0.15) is 0 Å². The molecule has 1 fully saturated rings. The summed E-state index contributed by atoms with van der Waals surface area (Å²) >= 11 is 0. The van der Waals surface area contributed by atoms with E-state index in [0.29, 0.717) is 0 Å². The fourth-order valence-corrected chi connectivity index (χ4v) is 2.72. The zero-order valence-corrected chi connectivity index (χ0v) is 9.75. The van der Waals surface area contributed by atoms with E-state index in [-0.39, 0.29) is 5.41 Å². The molecule has 80 valence electrons. The maximum atomic E-state index is 5.71. The molecule has 0 unspecified atom stereocenters. The van der Waals surface area contributed by atoms with E-state index in [1.165, 1.54) is 22.2 Å². The Morgan fingerprint density at radius 3 is 2.62 bits per heavy atom. The number of aromatic nitrogens is 1. The molecule has 1 aromatic carbocycles. The highest BCUT2D eigenvalue weighted by Gasteiger charge is 2.45. The van der Waals surface area contributed by atoms with Gasteiger partial charge in [0.25, 0.3) is 0 Å². The molecule has 0 aliphatic heterocycles. The fourth-order valence-electron chi connectivity index (χ4n) is 2.72. The predicted octanol–water partition coefficient (Wildman–Crippen LogP) is 3.15. The molecule has 1 saturated carbocycles. The van der Waals surface area contributed by atoms with Gasteiger partial charge in [-0.3, -0.25) is 0 Å². The third-order valence-corrected chi connectivity index (χ3v) is 3.90.